The highest BCUT2D eigenvalue weighted by atomic mass is 35.5. The second-order valence-electron chi connectivity index (χ2n) is 10.5. The van der Waals surface area contributed by atoms with Crippen LogP contribution in [0.4, 0.5) is 4.79 Å². The van der Waals surface area contributed by atoms with Crippen LogP contribution in [-0.2, 0) is 17.9 Å². The standard InChI is InChI=1S/C26H29ClN6O2/c1-16(2)23(33-22(34)14-31(25(33)35)13-17-6-8-19(27)9-7-17)20-10-18-12-29-21(11-28)30-24(18)32(20)15-26(3,4)5/h6-10,12,16,23H,13-15H2,1-5H3/t23-/m1/s1. The minimum atomic E-state index is -0.493. The summed E-state index contributed by atoms with van der Waals surface area (Å²) in [5, 5.41) is 10.7. The van der Waals surface area contributed by atoms with E-state index in [9.17, 15) is 14.9 Å². The fraction of sp³-hybridized carbons (Fsp3) is 0.423. The summed E-state index contributed by atoms with van der Waals surface area (Å²) in [5.41, 5.74) is 2.23. The summed E-state index contributed by atoms with van der Waals surface area (Å²) in [6.45, 7) is 11.3. The molecule has 8 nitrogen and oxygen atoms in total. The first-order valence-electron chi connectivity index (χ1n) is 11.6. The van der Waals surface area contributed by atoms with Crippen LogP contribution in [-0.4, -0.2) is 42.8 Å². The van der Waals surface area contributed by atoms with Gasteiger partial charge in [0.05, 0.1) is 6.04 Å². The molecule has 1 aromatic carbocycles. The van der Waals surface area contributed by atoms with Crippen molar-refractivity contribution in [1.82, 2.24) is 24.3 Å². The van der Waals surface area contributed by atoms with Gasteiger partial charge in [0.2, 0.25) is 5.82 Å². The molecule has 182 valence electrons. The maximum Gasteiger partial charge on any atom is 0.328 e. The topological polar surface area (TPSA) is 95.1 Å². The number of aromatic nitrogens is 3. The lowest BCUT2D eigenvalue weighted by Gasteiger charge is -2.32. The highest BCUT2D eigenvalue weighted by Gasteiger charge is 2.43. The molecule has 9 heteroatoms. The Kier molecular flexibility index (Phi) is 6.56. The third kappa shape index (κ3) is 5.01. The van der Waals surface area contributed by atoms with Crippen molar-refractivity contribution in [3.05, 3.63) is 58.6 Å². The molecular formula is C26H29ClN6O2. The average molecular weight is 493 g/mol. The molecule has 0 spiro atoms. The van der Waals surface area contributed by atoms with E-state index < -0.39 is 6.04 Å². The zero-order valence-electron chi connectivity index (χ0n) is 20.6. The maximum atomic E-state index is 13.5. The van der Waals surface area contributed by atoms with E-state index in [0.29, 0.717) is 23.8 Å². The van der Waals surface area contributed by atoms with Crippen LogP contribution in [0.5, 0.6) is 0 Å². The predicted molar refractivity (Wildman–Crippen MR) is 133 cm³/mol. The van der Waals surface area contributed by atoms with Crippen LogP contribution < -0.4 is 0 Å². The van der Waals surface area contributed by atoms with Gasteiger partial charge >= 0.3 is 6.03 Å². The molecule has 1 atom stereocenters. The number of nitriles is 1. The molecule has 4 rings (SSSR count). The Balaban J connectivity index is 1.76. The number of hydrogen-bond acceptors (Lipinski definition) is 5. The molecule has 0 bridgehead atoms. The summed E-state index contributed by atoms with van der Waals surface area (Å²) in [5.74, 6) is -0.204. The van der Waals surface area contributed by atoms with Crippen LogP contribution in [0, 0.1) is 22.7 Å². The Morgan fingerprint density at radius 3 is 2.46 bits per heavy atom. The van der Waals surface area contributed by atoms with E-state index in [-0.39, 0.29) is 35.6 Å². The van der Waals surface area contributed by atoms with Crippen molar-refractivity contribution in [3.8, 4) is 6.07 Å². The first-order chi connectivity index (χ1) is 16.5. The van der Waals surface area contributed by atoms with Crippen LogP contribution in [0.3, 0.4) is 0 Å². The predicted octanol–water partition coefficient (Wildman–Crippen LogP) is 5.16. The van der Waals surface area contributed by atoms with Gasteiger partial charge in [-0.25, -0.2) is 14.8 Å². The molecule has 2 aromatic heterocycles. The van der Waals surface area contributed by atoms with Crippen molar-refractivity contribution in [2.45, 2.75) is 53.8 Å². The normalized spacial score (nSPS) is 15.4. The van der Waals surface area contributed by atoms with Gasteiger partial charge in [-0.1, -0.05) is 58.4 Å². The number of carbonyl (C=O) groups is 2. The first-order valence-corrected chi connectivity index (χ1v) is 12.0. The molecule has 1 aliphatic heterocycles. The van der Waals surface area contributed by atoms with Crippen LogP contribution >= 0.6 is 11.6 Å². The molecule has 0 aliphatic carbocycles. The number of halogens is 1. The number of imide groups is 1. The van der Waals surface area contributed by atoms with Gasteiger partial charge in [0, 0.05) is 35.4 Å². The fourth-order valence-electron chi connectivity index (χ4n) is 4.55. The Hall–Kier alpha value is -3.44. The molecule has 3 amide bonds. The number of hydrogen-bond donors (Lipinski definition) is 0. The van der Waals surface area contributed by atoms with Crippen LogP contribution in [0.1, 0.15) is 57.7 Å². The maximum absolute atomic E-state index is 13.5. The van der Waals surface area contributed by atoms with Crippen molar-refractivity contribution in [1.29, 1.82) is 5.26 Å². The van der Waals surface area contributed by atoms with Gasteiger partial charge < -0.3 is 9.47 Å². The number of benzene rings is 1. The lowest BCUT2D eigenvalue weighted by Crippen LogP contribution is -2.39. The van der Waals surface area contributed by atoms with E-state index in [1.807, 2.05) is 42.7 Å². The van der Waals surface area contributed by atoms with E-state index >= 15 is 0 Å². The Bertz CT molecular complexity index is 1320. The summed E-state index contributed by atoms with van der Waals surface area (Å²) >= 11 is 5.99. The number of rotatable bonds is 6. The van der Waals surface area contributed by atoms with Gasteiger partial charge in [-0.2, -0.15) is 5.26 Å². The Labute approximate surface area is 210 Å². The fourth-order valence-corrected chi connectivity index (χ4v) is 4.67. The van der Waals surface area contributed by atoms with Gasteiger partial charge in [0.15, 0.2) is 0 Å². The molecule has 1 aliphatic rings. The van der Waals surface area contributed by atoms with Crippen molar-refractivity contribution in [3.63, 3.8) is 0 Å². The van der Waals surface area contributed by atoms with Gasteiger partial charge in [-0.3, -0.25) is 9.69 Å². The van der Waals surface area contributed by atoms with E-state index in [2.05, 4.69) is 30.7 Å². The third-order valence-electron chi connectivity index (χ3n) is 5.97. The molecular weight excluding hydrogens is 464 g/mol. The SMILES string of the molecule is CC(C)[C@H](c1cc2cnc(C#N)nc2n1CC(C)(C)C)N1C(=O)CN(Cc2ccc(Cl)cc2)C1=O. The van der Waals surface area contributed by atoms with Crippen LogP contribution in [0.25, 0.3) is 11.0 Å². The van der Waals surface area contributed by atoms with Crippen molar-refractivity contribution in [2.75, 3.05) is 6.54 Å². The van der Waals surface area contributed by atoms with Crippen LogP contribution in [0.2, 0.25) is 5.02 Å². The Morgan fingerprint density at radius 2 is 1.86 bits per heavy atom. The molecule has 0 unspecified atom stereocenters. The lowest BCUT2D eigenvalue weighted by atomic mass is 9.95. The summed E-state index contributed by atoms with van der Waals surface area (Å²) in [6, 6.07) is 10.4. The van der Waals surface area contributed by atoms with Gasteiger partial charge in [0.25, 0.3) is 5.91 Å². The molecule has 0 saturated carbocycles. The third-order valence-corrected chi connectivity index (χ3v) is 6.22. The molecule has 1 fully saturated rings. The van der Waals surface area contributed by atoms with E-state index in [0.717, 1.165) is 16.6 Å². The van der Waals surface area contributed by atoms with E-state index in [1.165, 1.54) is 4.90 Å². The lowest BCUT2D eigenvalue weighted by molar-refractivity contribution is -0.127. The summed E-state index contributed by atoms with van der Waals surface area (Å²) < 4.78 is 2.03. The average Bonchev–Trinajstić information content (AvgIpc) is 3.26. The molecule has 35 heavy (non-hydrogen) atoms. The number of carbonyl (C=O) groups excluding carboxylic acids is 2. The van der Waals surface area contributed by atoms with E-state index in [4.69, 9.17) is 11.6 Å². The van der Waals surface area contributed by atoms with Crippen molar-refractivity contribution >= 4 is 34.6 Å². The summed E-state index contributed by atoms with van der Waals surface area (Å²) in [7, 11) is 0. The zero-order chi connectivity index (χ0) is 25.5. The summed E-state index contributed by atoms with van der Waals surface area (Å²) in [4.78, 5) is 38.3. The van der Waals surface area contributed by atoms with Crippen LogP contribution in [0.15, 0.2) is 36.5 Å². The van der Waals surface area contributed by atoms with E-state index in [1.54, 1.807) is 23.2 Å². The molecule has 3 heterocycles. The smallest absolute Gasteiger partial charge is 0.327 e. The zero-order valence-corrected chi connectivity index (χ0v) is 21.4. The minimum absolute atomic E-state index is 0.0164. The largest absolute Gasteiger partial charge is 0.328 e. The monoisotopic (exact) mass is 492 g/mol. The summed E-state index contributed by atoms with van der Waals surface area (Å²) in [6.07, 6.45) is 1.63. The first kappa shape index (κ1) is 24.7. The highest BCUT2D eigenvalue weighted by molar-refractivity contribution is 6.30. The number of fused-ring (bicyclic) bond motifs is 1. The number of urea groups is 1. The number of amides is 3. The van der Waals surface area contributed by atoms with Gasteiger partial charge in [-0.05, 0) is 35.1 Å². The molecule has 0 radical (unpaired) electrons. The quantitative estimate of drug-likeness (QED) is 0.442. The molecule has 1 saturated heterocycles. The molecule has 0 N–H and O–H groups in total. The number of nitrogens with zero attached hydrogens (tertiary/aromatic N) is 6. The van der Waals surface area contributed by atoms with Crippen molar-refractivity contribution < 1.29 is 9.59 Å². The van der Waals surface area contributed by atoms with Gasteiger partial charge in [0.1, 0.15) is 18.3 Å². The molecule has 3 aromatic rings. The second-order valence-corrected chi connectivity index (χ2v) is 11.0. The van der Waals surface area contributed by atoms with Gasteiger partial charge in [-0.15, -0.1) is 0 Å². The second kappa shape index (κ2) is 9.31. The minimum Gasteiger partial charge on any atom is -0.327 e. The van der Waals surface area contributed by atoms with Crippen molar-refractivity contribution in [2.24, 2.45) is 11.3 Å². The Morgan fingerprint density at radius 1 is 1.17 bits per heavy atom. The highest BCUT2D eigenvalue weighted by Crippen LogP contribution is 2.37.